The molecular weight excluding hydrogens is 415 g/mol. The van der Waals surface area contributed by atoms with Crippen LogP contribution < -0.4 is 4.74 Å². The van der Waals surface area contributed by atoms with E-state index in [9.17, 15) is 4.79 Å². The van der Waals surface area contributed by atoms with Gasteiger partial charge in [0.1, 0.15) is 5.75 Å². The fraction of sp³-hybridized carbons (Fsp3) is 0.222. The largest absolute Gasteiger partial charge is 0.482 e. The minimum atomic E-state index is -0.157. The summed E-state index contributed by atoms with van der Waals surface area (Å²) >= 11 is 19.3. The topological polar surface area (TPSA) is 41.9 Å². The van der Waals surface area contributed by atoms with Crippen LogP contribution in [-0.2, 0) is 10.5 Å². The molecule has 2 aromatic rings. The summed E-state index contributed by atoms with van der Waals surface area (Å²) in [6.45, 7) is 1.04. The molecule has 0 aliphatic carbocycles. The summed E-state index contributed by atoms with van der Waals surface area (Å²) in [4.78, 5) is 18.5. The number of amides is 1. The van der Waals surface area contributed by atoms with Gasteiger partial charge in [-0.3, -0.25) is 14.7 Å². The van der Waals surface area contributed by atoms with Gasteiger partial charge in [-0.2, -0.15) is 0 Å². The van der Waals surface area contributed by atoms with Gasteiger partial charge in [-0.25, -0.2) is 0 Å². The zero-order valence-corrected chi connectivity index (χ0v) is 16.7. The van der Waals surface area contributed by atoms with Crippen LogP contribution in [0.25, 0.3) is 0 Å². The molecule has 0 unspecified atom stereocenters. The number of carbonyl (C=O) groups is 1. The highest BCUT2D eigenvalue weighted by atomic mass is 35.5. The van der Waals surface area contributed by atoms with Gasteiger partial charge in [-0.1, -0.05) is 58.7 Å². The Bertz CT molecular complexity index is 828. The van der Waals surface area contributed by atoms with Crippen molar-refractivity contribution in [3.63, 3.8) is 0 Å². The van der Waals surface area contributed by atoms with E-state index in [-0.39, 0.29) is 12.5 Å². The Balaban J connectivity index is 1.55. The van der Waals surface area contributed by atoms with Crippen LogP contribution >= 0.6 is 46.6 Å². The molecule has 26 heavy (non-hydrogen) atoms. The van der Waals surface area contributed by atoms with Gasteiger partial charge < -0.3 is 4.74 Å². The van der Waals surface area contributed by atoms with Crippen LogP contribution in [0.15, 0.2) is 47.5 Å². The van der Waals surface area contributed by atoms with Gasteiger partial charge in [-0.05, 0) is 35.9 Å². The molecule has 136 valence electrons. The average Bonchev–Trinajstić information content (AvgIpc) is 3.09. The van der Waals surface area contributed by atoms with Gasteiger partial charge in [0.15, 0.2) is 11.8 Å². The van der Waals surface area contributed by atoms with E-state index in [1.54, 1.807) is 23.1 Å². The van der Waals surface area contributed by atoms with E-state index in [1.165, 1.54) is 11.8 Å². The molecule has 1 aliphatic heterocycles. The molecule has 1 heterocycles. The number of thioether (sulfide) groups is 1. The second-order valence-corrected chi connectivity index (χ2v) is 7.71. The molecule has 8 heteroatoms. The van der Waals surface area contributed by atoms with Gasteiger partial charge >= 0.3 is 0 Å². The van der Waals surface area contributed by atoms with Crippen LogP contribution in [0.2, 0.25) is 15.1 Å². The number of benzene rings is 2. The number of halogens is 3. The van der Waals surface area contributed by atoms with Crippen LogP contribution in [0.1, 0.15) is 5.56 Å². The molecule has 0 spiro atoms. The summed E-state index contributed by atoms with van der Waals surface area (Å²) < 4.78 is 5.53. The monoisotopic (exact) mass is 428 g/mol. The molecule has 0 radical (unpaired) electrons. The van der Waals surface area contributed by atoms with E-state index in [4.69, 9.17) is 39.5 Å². The number of hydrogen-bond donors (Lipinski definition) is 0. The van der Waals surface area contributed by atoms with Crippen molar-refractivity contribution in [3.05, 3.63) is 63.1 Å². The van der Waals surface area contributed by atoms with E-state index in [0.29, 0.717) is 44.8 Å². The van der Waals surface area contributed by atoms with E-state index in [0.717, 1.165) is 5.56 Å². The van der Waals surface area contributed by atoms with Crippen LogP contribution in [0.4, 0.5) is 0 Å². The van der Waals surface area contributed by atoms with Gasteiger partial charge in [0.05, 0.1) is 11.6 Å². The third-order valence-electron chi connectivity index (χ3n) is 3.63. The quantitative estimate of drug-likeness (QED) is 0.659. The third-order valence-corrected chi connectivity index (χ3v) is 5.50. The third kappa shape index (κ3) is 5.07. The Morgan fingerprint density at radius 2 is 1.85 bits per heavy atom. The lowest BCUT2D eigenvalue weighted by atomic mass is 10.2. The number of hydrogen-bond acceptors (Lipinski definition) is 4. The van der Waals surface area contributed by atoms with Crippen molar-refractivity contribution >= 4 is 57.6 Å². The smallest absolute Gasteiger partial charge is 0.266 e. The molecule has 4 nitrogen and oxygen atoms in total. The molecule has 1 amide bonds. The molecule has 0 bridgehead atoms. The maximum atomic E-state index is 12.5. The van der Waals surface area contributed by atoms with Crippen molar-refractivity contribution in [2.24, 2.45) is 4.99 Å². The summed E-state index contributed by atoms with van der Waals surface area (Å²) in [6.07, 6.45) is 0. The predicted octanol–water partition coefficient (Wildman–Crippen LogP) is 5.16. The minimum Gasteiger partial charge on any atom is -0.482 e. The SMILES string of the molecule is O=C(COc1ccc(Cl)cc1Cl)N1CCN=C1SCc1ccc(Cl)cc1. The van der Waals surface area contributed by atoms with E-state index >= 15 is 0 Å². The highest BCUT2D eigenvalue weighted by molar-refractivity contribution is 8.13. The summed E-state index contributed by atoms with van der Waals surface area (Å²) in [5.41, 5.74) is 1.12. The van der Waals surface area contributed by atoms with E-state index < -0.39 is 0 Å². The normalized spacial score (nSPS) is 13.7. The van der Waals surface area contributed by atoms with Crippen molar-refractivity contribution in [3.8, 4) is 5.75 Å². The molecule has 2 aromatic carbocycles. The maximum Gasteiger partial charge on any atom is 0.266 e. The highest BCUT2D eigenvalue weighted by Crippen LogP contribution is 2.28. The van der Waals surface area contributed by atoms with Crippen molar-refractivity contribution < 1.29 is 9.53 Å². The van der Waals surface area contributed by atoms with Crippen LogP contribution in [-0.4, -0.2) is 35.7 Å². The zero-order valence-electron chi connectivity index (χ0n) is 13.6. The summed E-state index contributed by atoms with van der Waals surface area (Å²) in [5.74, 6) is 0.982. The Labute approximate surface area is 171 Å². The fourth-order valence-corrected chi connectivity index (χ4v) is 3.93. The Hall–Kier alpha value is -1.40. The number of amidine groups is 1. The number of rotatable bonds is 5. The first kappa shape index (κ1) is 19.4. The van der Waals surface area contributed by atoms with Crippen molar-refractivity contribution in [1.29, 1.82) is 0 Å². The molecular formula is C18H15Cl3N2O2S. The molecule has 0 saturated heterocycles. The van der Waals surface area contributed by atoms with Crippen LogP contribution in [0.5, 0.6) is 5.75 Å². The van der Waals surface area contributed by atoms with Crippen molar-refractivity contribution in [2.75, 3.05) is 19.7 Å². The molecule has 0 fully saturated rings. The summed E-state index contributed by atoms with van der Waals surface area (Å²) in [7, 11) is 0. The summed E-state index contributed by atoms with van der Waals surface area (Å²) in [5, 5.41) is 2.29. The summed E-state index contributed by atoms with van der Waals surface area (Å²) in [6, 6.07) is 12.5. The predicted molar refractivity (Wildman–Crippen MR) is 109 cm³/mol. The van der Waals surface area contributed by atoms with Gasteiger partial charge in [0, 0.05) is 22.3 Å². The zero-order chi connectivity index (χ0) is 18.5. The second kappa shape index (κ2) is 9.00. The molecule has 0 atom stereocenters. The first-order valence-electron chi connectivity index (χ1n) is 7.83. The standard InChI is InChI=1S/C18H15Cl3N2O2S/c19-13-3-1-12(2-4-13)11-26-18-22-7-8-23(18)17(24)10-25-16-6-5-14(20)9-15(16)21/h1-6,9H,7-8,10-11H2. The first-order valence-corrected chi connectivity index (χ1v) is 9.95. The molecule has 3 rings (SSSR count). The van der Waals surface area contributed by atoms with Crippen molar-refractivity contribution in [2.45, 2.75) is 5.75 Å². The minimum absolute atomic E-state index is 0.109. The Morgan fingerprint density at radius 3 is 2.58 bits per heavy atom. The van der Waals surface area contributed by atoms with Crippen LogP contribution in [0.3, 0.4) is 0 Å². The van der Waals surface area contributed by atoms with Gasteiger partial charge in [0.25, 0.3) is 5.91 Å². The maximum absolute atomic E-state index is 12.5. The lowest BCUT2D eigenvalue weighted by molar-refractivity contribution is -0.128. The number of nitrogens with zero attached hydrogens (tertiary/aromatic N) is 2. The second-order valence-electron chi connectivity index (χ2n) is 5.49. The lowest BCUT2D eigenvalue weighted by Gasteiger charge is -2.18. The first-order chi connectivity index (χ1) is 12.5. The number of ether oxygens (including phenoxy) is 1. The van der Waals surface area contributed by atoms with E-state index in [2.05, 4.69) is 4.99 Å². The highest BCUT2D eigenvalue weighted by Gasteiger charge is 2.24. The van der Waals surface area contributed by atoms with Gasteiger partial charge in [-0.15, -0.1) is 0 Å². The Kier molecular flexibility index (Phi) is 6.70. The number of aliphatic imine (C=N–C) groups is 1. The fourth-order valence-electron chi connectivity index (χ4n) is 2.32. The molecule has 1 aliphatic rings. The van der Waals surface area contributed by atoms with Crippen molar-refractivity contribution in [1.82, 2.24) is 4.90 Å². The van der Waals surface area contributed by atoms with E-state index in [1.807, 2.05) is 24.3 Å². The average molecular weight is 430 g/mol. The lowest BCUT2D eigenvalue weighted by Crippen LogP contribution is -2.36. The number of carbonyl (C=O) groups excluding carboxylic acids is 1. The van der Waals surface area contributed by atoms with Gasteiger partial charge in [0.2, 0.25) is 0 Å². The molecule has 0 N–H and O–H groups in total. The van der Waals surface area contributed by atoms with Crippen LogP contribution in [0, 0.1) is 0 Å². The molecule has 0 saturated carbocycles. The molecule has 0 aromatic heterocycles. The Morgan fingerprint density at radius 1 is 1.12 bits per heavy atom.